The predicted molar refractivity (Wildman–Crippen MR) is 148 cm³/mol. The fourth-order valence-corrected chi connectivity index (χ4v) is 5.69. The molecule has 3 aromatic carbocycles. The average Bonchev–Trinajstić information content (AvgIpc) is 2.83. The van der Waals surface area contributed by atoms with E-state index in [2.05, 4.69) is 36.6 Å². The van der Waals surface area contributed by atoms with Gasteiger partial charge >= 0.3 is 24.3 Å². The molecule has 0 saturated carbocycles. The largest absolute Gasteiger partial charge is 0.465 e. The molecular formula is C29H24Br2F6O4. The molecule has 0 atom stereocenters. The third-order valence-corrected chi connectivity index (χ3v) is 8.29. The number of alkyl halides is 6. The fourth-order valence-electron chi connectivity index (χ4n) is 4.68. The zero-order chi connectivity index (χ0) is 31.2. The van der Waals surface area contributed by atoms with E-state index in [4.69, 9.17) is 4.74 Å². The number of esters is 2. The second-order valence-electron chi connectivity index (χ2n) is 9.61. The first-order valence-corrected chi connectivity index (χ1v) is 13.5. The van der Waals surface area contributed by atoms with Crippen molar-refractivity contribution in [3.05, 3.63) is 95.4 Å². The van der Waals surface area contributed by atoms with Crippen LogP contribution in [0.15, 0.2) is 45.3 Å². The van der Waals surface area contributed by atoms with E-state index in [1.165, 1.54) is 46.9 Å². The van der Waals surface area contributed by atoms with E-state index in [-0.39, 0.29) is 48.1 Å². The molecule has 12 heteroatoms. The maximum Gasteiger partial charge on any atom is 0.411 e. The summed E-state index contributed by atoms with van der Waals surface area (Å²) in [5.41, 5.74) is -5.40. The van der Waals surface area contributed by atoms with Crippen LogP contribution in [0.4, 0.5) is 26.3 Å². The molecule has 0 heterocycles. The lowest BCUT2D eigenvalue weighted by molar-refractivity contribution is -0.288. The zero-order valence-corrected chi connectivity index (χ0v) is 25.8. The van der Waals surface area contributed by atoms with Crippen LogP contribution in [0.2, 0.25) is 0 Å². The van der Waals surface area contributed by atoms with E-state index in [0.29, 0.717) is 5.56 Å². The van der Waals surface area contributed by atoms with Gasteiger partial charge in [0.15, 0.2) is 0 Å². The Morgan fingerprint density at radius 1 is 0.634 bits per heavy atom. The van der Waals surface area contributed by atoms with Gasteiger partial charge in [0.1, 0.15) is 5.75 Å². The molecule has 0 aliphatic rings. The normalized spacial score (nSPS) is 12.3. The first-order chi connectivity index (χ1) is 18.8. The van der Waals surface area contributed by atoms with Crippen molar-refractivity contribution in [2.24, 2.45) is 0 Å². The van der Waals surface area contributed by atoms with Gasteiger partial charge in [0.2, 0.25) is 5.41 Å². The summed E-state index contributed by atoms with van der Waals surface area (Å²) in [5, 5.41) is 0. The molecule has 0 unspecified atom stereocenters. The summed E-state index contributed by atoms with van der Waals surface area (Å²) in [6.07, 6.45) is -11.5. The smallest absolute Gasteiger partial charge is 0.411 e. The highest BCUT2D eigenvalue weighted by Crippen LogP contribution is 2.57. The summed E-state index contributed by atoms with van der Waals surface area (Å²) in [4.78, 5) is 24.9. The minimum absolute atomic E-state index is 0.0575. The summed E-state index contributed by atoms with van der Waals surface area (Å²) < 4.78 is 99.0. The molecule has 3 aromatic rings. The molecule has 0 aliphatic carbocycles. The van der Waals surface area contributed by atoms with Crippen LogP contribution in [0, 0.1) is 34.6 Å². The molecule has 0 saturated heterocycles. The van der Waals surface area contributed by atoms with Gasteiger partial charge in [-0.25, -0.2) is 9.59 Å². The number of ether oxygens (including phenoxy) is 2. The highest BCUT2D eigenvalue weighted by Gasteiger charge is 2.72. The number of rotatable bonds is 5. The van der Waals surface area contributed by atoms with Gasteiger partial charge in [-0.05, 0) is 118 Å². The van der Waals surface area contributed by atoms with E-state index >= 15 is 0 Å². The number of hydrogen-bond acceptors (Lipinski definition) is 4. The SMILES string of the molecule is COC(=O)c1cc(Br)c(C(=O)Oc2c(C)cc(C(c3cc(C)c(C)c(C)c3)(C(F)(F)F)C(F)(F)F)cc2C)cc1Br. The van der Waals surface area contributed by atoms with Gasteiger partial charge in [0.05, 0.1) is 18.2 Å². The third kappa shape index (κ3) is 5.77. The highest BCUT2D eigenvalue weighted by atomic mass is 79.9. The van der Waals surface area contributed by atoms with Crippen molar-refractivity contribution in [1.29, 1.82) is 0 Å². The lowest BCUT2D eigenvalue weighted by atomic mass is 9.71. The molecule has 0 aliphatic heterocycles. The predicted octanol–water partition coefficient (Wildman–Crippen LogP) is 9.17. The van der Waals surface area contributed by atoms with Crippen LogP contribution in [0.25, 0.3) is 0 Å². The van der Waals surface area contributed by atoms with Gasteiger partial charge < -0.3 is 9.47 Å². The molecule has 0 N–H and O–H groups in total. The van der Waals surface area contributed by atoms with Gasteiger partial charge in [0, 0.05) is 8.95 Å². The summed E-state index contributed by atoms with van der Waals surface area (Å²) in [6, 6.07) is 5.89. The lowest BCUT2D eigenvalue weighted by Crippen LogP contribution is -2.55. The van der Waals surface area contributed by atoms with Crippen molar-refractivity contribution in [2.45, 2.75) is 52.4 Å². The van der Waals surface area contributed by atoms with Gasteiger partial charge in [-0.1, -0.05) is 24.3 Å². The summed E-state index contributed by atoms with van der Waals surface area (Å²) in [6.45, 7) is 7.04. The van der Waals surface area contributed by atoms with Gasteiger partial charge in [-0.2, -0.15) is 26.3 Å². The number of carbonyl (C=O) groups is 2. The zero-order valence-electron chi connectivity index (χ0n) is 22.6. The maximum absolute atomic E-state index is 14.8. The minimum Gasteiger partial charge on any atom is -0.465 e. The summed E-state index contributed by atoms with van der Waals surface area (Å²) in [5.74, 6) is -1.85. The van der Waals surface area contributed by atoms with Crippen molar-refractivity contribution in [1.82, 2.24) is 0 Å². The molecule has 41 heavy (non-hydrogen) atoms. The Balaban J connectivity index is 2.20. The molecular weight excluding hydrogens is 686 g/mol. The Bertz CT molecular complexity index is 1480. The highest BCUT2D eigenvalue weighted by molar-refractivity contribution is 9.11. The number of carbonyl (C=O) groups excluding carboxylic acids is 2. The first-order valence-electron chi connectivity index (χ1n) is 11.9. The van der Waals surface area contributed by atoms with E-state index in [1.54, 1.807) is 6.92 Å². The van der Waals surface area contributed by atoms with Crippen molar-refractivity contribution in [3.8, 4) is 5.75 Å². The van der Waals surface area contributed by atoms with Crippen LogP contribution in [0.3, 0.4) is 0 Å². The van der Waals surface area contributed by atoms with Crippen molar-refractivity contribution < 1.29 is 45.4 Å². The monoisotopic (exact) mass is 708 g/mol. The Hall–Kier alpha value is -2.86. The number of halogens is 8. The molecule has 0 radical (unpaired) electrons. The molecule has 3 rings (SSSR count). The Morgan fingerprint density at radius 2 is 1.00 bits per heavy atom. The second kappa shape index (κ2) is 11.4. The molecule has 0 aromatic heterocycles. The quantitative estimate of drug-likeness (QED) is 0.151. The number of hydrogen-bond donors (Lipinski definition) is 0. The van der Waals surface area contributed by atoms with Gasteiger partial charge in [0.25, 0.3) is 0 Å². The second-order valence-corrected chi connectivity index (χ2v) is 11.3. The van der Waals surface area contributed by atoms with Crippen LogP contribution in [-0.2, 0) is 10.2 Å². The van der Waals surface area contributed by atoms with Crippen LogP contribution >= 0.6 is 31.9 Å². The standard InChI is InChI=1S/C29H24Br2F6O4/c1-13-7-18(8-14(2)17(13)5)27(28(32,33)34,29(35,36)37)19-9-15(3)24(16(4)10-19)41-26(39)21-12-22(30)20(11-23(21)31)25(38)40-6/h7-12H,1-6H3. The van der Waals surface area contributed by atoms with Crippen molar-refractivity contribution >= 4 is 43.8 Å². The number of benzene rings is 3. The molecule has 0 spiro atoms. The van der Waals surface area contributed by atoms with Crippen LogP contribution in [0.5, 0.6) is 5.75 Å². The van der Waals surface area contributed by atoms with Crippen molar-refractivity contribution in [3.63, 3.8) is 0 Å². The van der Waals surface area contributed by atoms with E-state index < -0.39 is 40.8 Å². The van der Waals surface area contributed by atoms with Crippen LogP contribution < -0.4 is 4.74 Å². The first kappa shape index (κ1) is 32.7. The third-order valence-electron chi connectivity index (χ3n) is 6.98. The van der Waals surface area contributed by atoms with E-state index in [0.717, 1.165) is 24.3 Å². The van der Waals surface area contributed by atoms with E-state index in [1.807, 2.05) is 0 Å². The van der Waals surface area contributed by atoms with Gasteiger partial charge in [-0.15, -0.1) is 0 Å². The van der Waals surface area contributed by atoms with Crippen LogP contribution in [-0.4, -0.2) is 31.4 Å². The van der Waals surface area contributed by atoms with E-state index in [9.17, 15) is 35.9 Å². The number of methoxy groups -OCH3 is 1. The van der Waals surface area contributed by atoms with Gasteiger partial charge in [-0.3, -0.25) is 0 Å². The topological polar surface area (TPSA) is 52.6 Å². The minimum atomic E-state index is -5.77. The summed E-state index contributed by atoms with van der Waals surface area (Å²) in [7, 11) is 1.17. The lowest BCUT2D eigenvalue weighted by Gasteiger charge is -2.39. The Labute approximate surface area is 249 Å². The Morgan fingerprint density at radius 3 is 1.37 bits per heavy atom. The molecule has 0 bridgehead atoms. The molecule has 4 nitrogen and oxygen atoms in total. The maximum atomic E-state index is 14.8. The fraction of sp³-hybridized carbons (Fsp3) is 0.310. The Kier molecular flexibility index (Phi) is 9.10. The summed E-state index contributed by atoms with van der Waals surface area (Å²) >= 11 is 6.34. The van der Waals surface area contributed by atoms with Crippen LogP contribution in [0.1, 0.15) is 59.7 Å². The molecule has 0 amide bonds. The average molecular weight is 710 g/mol. The molecule has 0 fully saturated rings. The van der Waals surface area contributed by atoms with Crippen molar-refractivity contribution in [2.75, 3.05) is 7.11 Å². The number of aryl methyl sites for hydroxylation is 4. The molecule has 220 valence electrons.